The Hall–Kier alpha value is -3.56. The molecule has 1 aliphatic rings. The number of benzene rings is 1. The minimum Gasteiger partial charge on any atom is -0.464 e. The molecule has 0 bridgehead atoms. The molecular weight excluding hydrogens is 344 g/mol. The zero-order chi connectivity index (χ0) is 18.7. The van der Waals surface area contributed by atoms with Crippen molar-refractivity contribution in [1.82, 2.24) is 19.8 Å². The van der Waals surface area contributed by atoms with Crippen molar-refractivity contribution < 1.29 is 24.2 Å². The average molecular weight is 360 g/mol. The smallest absolute Gasteiger partial charge is 0.419 e. The van der Waals surface area contributed by atoms with Crippen LogP contribution in [0.25, 0.3) is 0 Å². The molecular formula is C16H16N4O6. The van der Waals surface area contributed by atoms with Gasteiger partial charge in [-0.05, 0) is 5.56 Å². The van der Waals surface area contributed by atoms with Gasteiger partial charge in [0.1, 0.15) is 12.6 Å². The lowest BCUT2D eigenvalue weighted by Crippen LogP contribution is -2.70. The summed E-state index contributed by atoms with van der Waals surface area (Å²) in [5.74, 6) is -0.405. The first kappa shape index (κ1) is 17.3. The number of amides is 2. The third kappa shape index (κ3) is 3.58. The number of carboxylic acid groups (broad SMARTS) is 1. The number of carbonyl (C=O) groups is 3. The van der Waals surface area contributed by atoms with Crippen LogP contribution in [0.4, 0.5) is 9.59 Å². The van der Waals surface area contributed by atoms with Gasteiger partial charge in [0, 0.05) is 18.9 Å². The number of nitrogens with zero attached hydrogens (tertiary/aromatic N) is 2. The fourth-order valence-electron chi connectivity index (χ4n) is 2.56. The number of imidazole rings is 1. The molecule has 0 unspecified atom stereocenters. The lowest BCUT2D eigenvalue weighted by molar-refractivity contribution is -0.131. The predicted octanol–water partition coefficient (Wildman–Crippen LogP) is -0.0307. The summed E-state index contributed by atoms with van der Waals surface area (Å²) < 4.78 is 6.73. The number of aromatic nitrogens is 2. The van der Waals surface area contributed by atoms with Gasteiger partial charge < -0.3 is 20.5 Å². The third-order valence-corrected chi connectivity index (χ3v) is 3.95. The predicted molar refractivity (Wildman–Crippen MR) is 87.6 cm³/mol. The fraction of sp³-hybridized carbons (Fsp3) is 0.250. The van der Waals surface area contributed by atoms with E-state index in [1.165, 1.54) is 6.20 Å². The van der Waals surface area contributed by atoms with Gasteiger partial charge >= 0.3 is 17.9 Å². The quantitative estimate of drug-likeness (QED) is 0.642. The van der Waals surface area contributed by atoms with E-state index in [0.717, 1.165) is 16.3 Å². The number of rotatable bonds is 5. The van der Waals surface area contributed by atoms with E-state index >= 15 is 0 Å². The highest BCUT2D eigenvalue weighted by atomic mass is 16.5. The molecule has 10 heteroatoms. The summed E-state index contributed by atoms with van der Waals surface area (Å²) in [6.45, 7) is 0.0844. The average Bonchev–Trinajstić information content (AvgIpc) is 2.99. The molecule has 0 aliphatic carbocycles. The Morgan fingerprint density at radius 3 is 2.54 bits per heavy atom. The Balaban J connectivity index is 1.56. The standard InChI is InChI=1S/C16H16N4O6/c21-13-12(18-14(22)26-9-10-4-2-1-3-5-10)11(17-13)8-19-6-7-20(15(19)23)16(24)25/h1-7,11-12H,8-9H2,(H,17,21)(H,18,22)(H,24,25)/t11-,12+/m1/s1. The van der Waals surface area contributed by atoms with Crippen LogP contribution < -0.4 is 16.3 Å². The molecule has 1 aromatic heterocycles. The molecule has 10 nitrogen and oxygen atoms in total. The Kier molecular flexibility index (Phi) is 4.74. The fourth-order valence-corrected chi connectivity index (χ4v) is 2.56. The van der Waals surface area contributed by atoms with E-state index < -0.39 is 35.9 Å². The molecule has 1 fully saturated rings. The number of nitrogens with one attached hydrogen (secondary N) is 2. The second kappa shape index (κ2) is 7.13. The Labute approximate surface area is 147 Å². The van der Waals surface area contributed by atoms with Crippen LogP contribution in [-0.4, -0.2) is 44.4 Å². The van der Waals surface area contributed by atoms with E-state index in [4.69, 9.17) is 9.84 Å². The summed E-state index contributed by atoms with van der Waals surface area (Å²) >= 11 is 0. The van der Waals surface area contributed by atoms with Crippen LogP contribution in [-0.2, 0) is 22.7 Å². The van der Waals surface area contributed by atoms with Crippen molar-refractivity contribution in [3.8, 4) is 0 Å². The van der Waals surface area contributed by atoms with Crippen molar-refractivity contribution in [3.63, 3.8) is 0 Å². The minimum absolute atomic E-state index is 0.0223. The highest BCUT2D eigenvalue weighted by molar-refractivity contribution is 5.92. The Morgan fingerprint density at radius 2 is 1.92 bits per heavy atom. The second-order valence-corrected chi connectivity index (χ2v) is 5.68. The number of alkyl carbamates (subject to hydrolysis) is 1. The highest BCUT2D eigenvalue weighted by Gasteiger charge is 2.41. The van der Waals surface area contributed by atoms with E-state index in [1.807, 2.05) is 18.2 Å². The lowest BCUT2D eigenvalue weighted by atomic mass is 9.99. The van der Waals surface area contributed by atoms with E-state index in [2.05, 4.69) is 10.6 Å². The zero-order valence-electron chi connectivity index (χ0n) is 13.5. The van der Waals surface area contributed by atoms with E-state index in [9.17, 15) is 19.2 Å². The molecule has 1 saturated heterocycles. The van der Waals surface area contributed by atoms with Crippen molar-refractivity contribution in [1.29, 1.82) is 0 Å². The normalized spacial score (nSPS) is 18.5. The van der Waals surface area contributed by atoms with Crippen LogP contribution in [0.1, 0.15) is 5.56 Å². The molecule has 2 atom stereocenters. The molecule has 2 aromatic rings. The van der Waals surface area contributed by atoms with Gasteiger partial charge in [-0.3, -0.25) is 9.36 Å². The van der Waals surface area contributed by atoms with Crippen LogP contribution in [0.5, 0.6) is 0 Å². The van der Waals surface area contributed by atoms with Crippen molar-refractivity contribution in [3.05, 3.63) is 58.8 Å². The van der Waals surface area contributed by atoms with Crippen molar-refractivity contribution in [2.75, 3.05) is 0 Å². The highest BCUT2D eigenvalue weighted by Crippen LogP contribution is 2.09. The monoisotopic (exact) mass is 360 g/mol. The Morgan fingerprint density at radius 1 is 1.19 bits per heavy atom. The van der Waals surface area contributed by atoms with Crippen LogP contribution in [0.15, 0.2) is 47.5 Å². The van der Waals surface area contributed by atoms with Gasteiger partial charge in [0.25, 0.3) is 0 Å². The molecule has 1 aliphatic heterocycles. The molecule has 2 heterocycles. The summed E-state index contributed by atoms with van der Waals surface area (Å²) in [5, 5.41) is 13.9. The molecule has 0 radical (unpaired) electrons. The summed E-state index contributed by atoms with van der Waals surface area (Å²) in [4.78, 5) is 46.3. The van der Waals surface area contributed by atoms with Gasteiger partial charge in [-0.15, -0.1) is 0 Å². The summed E-state index contributed by atoms with van der Waals surface area (Å²) in [6, 6.07) is 7.65. The van der Waals surface area contributed by atoms with Gasteiger partial charge in [-0.25, -0.2) is 19.0 Å². The molecule has 136 valence electrons. The number of carbonyl (C=O) groups excluding carboxylic acids is 2. The molecule has 3 rings (SSSR count). The number of hydrogen-bond donors (Lipinski definition) is 3. The lowest BCUT2D eigenvalue weighted by Gasteiger charge is -2.36. The van der Waals surface area contributed by atoms with Gasteiger partial charge in [0.15, 0.2) is 0 Å². The number of β-lactam (4-membered cyclic amide) rings is 1. The van der Waals surface area contributed by atoms with E-state index in [-0.39, 0.29) is 13.2 Å². The van der Waals surface area contributed by atoms with Gasteiger partial charge in [-0.2, -0.15) is 0 Å². The van der Waals surface area contributed by atoms with Gasteiger partial charge in [0.2, 0.25) is 5.91 Å². The Bertz CT molecular complexity index is 888. The second-order valence-electron chi connectivity index (χ2n) is 5.68. The SMILES string of the molecule is O=C(N[C@@H]1C(=O)N[C@@H]1Cn1ccn(C(=O)O)c1=O)OCc1ccccc1. The van der Waals surface area contributed by atoms with Crippen LogP contribution in [0, 0.1) is 0 Å². The first-order chi connectivity index (χ1) is 12.5. The molecule has 26 heavy (non-hydrogen) atoms. The van der Waals surface area contributed by atoms with Gasteiger partial charge in [-0.1, -0.05) is 30.3 Å². The summed E-state index contributed by atoms with van der Waals surface area (Å²) in [6.07, 6.45) is 0.257. The van der Waals surface area contributed by atoms with Crippen molar-refractivity contribution in [2.45, 2.75) is 25.2 Å². The van der Waals surface area contributed by atoms with Crippen LogP contribution in [0.2, 0.25) is 0 Å². The van der Waals surface area contributed by atoms with Crippen molar-refractivity contribution in [2.24, 2.45) is 0 Å². The van der Waals surface area contributed by atoms with Crippen LogP contribution in [0.3, 0.4) is 0 Å². The van der Waals surface area contributed by atoms with Crippen LogP contribution >= 0.6 is 0 Å². The van der Waals surface area contributed by atoms with Gasteiger partial charge in [0.05, 0.1) is 6.04 Å². The number of ether oxygens (including phenoxy) is 1. The third-order valence-electron chi connectivity index (χ3n) is 3.95. The topological polar surface area (TPSA) is 132 Å². The maximum Gasteiger partial charge on any atom is 0.419 e. The first-order valence-electron chi connectivity index (χ1n) is 7.74. The summed E-state index contributed by atoms with van der Waals surface area (Å²) in [7, 11) is 0. The van der Waals surface area contributed by atoms with E-state index in [1.54, 1.807) is 12.1 Å². The largest absolute Gasteiger partial charge is 0.464 e. The minimum atomic E-state index is -1.40. The molecule has 3 N–H and O–H groups in total. The summed E-state index contributed by atoms with van der Waals surface area (Å²) in [5.41, 5.74) is 0.0582. The molecule has 1 aromatic carbocycles. The maximum absolute atomic E-state index is 11.9. The zero-order valence-corrected chi connectivity index (χ0v) is 13.5. The van der Waals surface area contributed by atoms with E-state index in [0.29, 0.717) is 4.57 Å². The molecule has 0 saturated carbocycles. The maximum atomic E-state index is 11.9. The number of hydrogen-bond acceptors (Lipinski definition) is 5. The molecule has 2 amide bonds. The van der Waals surface area contributed by atoms with Crippen molar-refractivity contribution >= 4 is 18.1 Å². The molecule has 0 spiro atoms. The first-order valence-corrected chi connectivity index (χ1v) is 7.74.